The van der Waals surface area contributed by atoms with Crippen LogP contribution in [0.5, 0.6) is 11.5 Å². The summed E-state index contributed by atoms with van der Waals surface area (Å²) in [6.07, 6.45) is -2.62. The molecule has 0 saturated carbocycles. The summed E-state index contributed by atoms with van der Waals surface area (Å²) < 4.78 is 51.2. The maximum Gasteiger partial charge on any atom is 0.416 e. The summed E-state index contributed by atoms with van der Waals surface area (Å²) in [5.41, 5.74) is 2.05. The number of rotatable bonds is 4. The smallest absolute Gasteiger partial charge is 0.416 e. The van der Waals surface area contributed by atoms with Gasteiger partial charge in [-0.1, -0.05) is 12.1 Å². The highest BCUT2D eigenvalue weighted by Crippen LogP contribution is 2.37. The van der Waals surface area contributed by atoms with Gasteiger partial charge < -0.3 is 9.47 Å². The van der Waals surface area contributed by atoms with Gasteiger partial charge in [-0.2, -0.15) is 13.2 Å². The van der Waals surface area contributed by atoms with Gasteiger partial charge in [0, 0.05) is 6.20 Å². The van der Waals surface area contributed by atoms with Crippen molar-refractivity contribution in [3.8, 4) is 34.0 Å². The first-order valence-corrected chi connectivity index (χ1v) is 8.65. The lowest BCUT2D eigenvalue weighted by Gasteiger charge is -2.12. The van der Waals surface area contributed by atoms with Gasteiger partial charge in [-0.25, -0.2) is 0 Å². The van der Waals surface area contributed by atoms with Crippen LogP contribution in [0.1, 0.15) is 5.56 Å². The first-order chi connectivity index (χ1) is 13.9. The Labute approximate surface area is 164 Å². The number of benzene rings is 2. The number of ether oxygens (including phenoxy) is 2. The Bertz CT molecular complexity index is 1170. The largest absolute Gasteiger partial charge is 0.497 e. The van der Waals surface area contributed by atoms with Gasteiger partial charge in [-0.3, -0.25) is 4.40 Å². The summed E-state index contributed by atoms with van der Waals surface area (Å²) >= 11 is 0. The highest BCUT2D eigenvalue weighted by molar-refractivity contribution is 5.70. The van der Waals surface area contributed by atoms with Crippen molar-refractivity contribution in [2.75, 3.05) is 14.2 Å². The molecule has 0 bridgehead atoms. The third-order valence-corrected chi connectivity index (χ3v) is 4.60. The molecule has 0 atom stereocenters. The van der Waals surface area contributed by atoms with Crippen molar-refractivity contribution in [1.29, 1.82) is 0 Å². The lowest BCUT2D eigenvalue weighted by Crippen LogP contribution is -2.05. The number of hydrogen-bond donors (Lipinski definition) is 0. The SMILES string of the molecule is COc1ccc(-c2ccc3nnc(-c4ccc(C(F)(F)F)cc4OC)n3c2)cc1. The molecule has 29 heavy (non-hydrogen) atoms. The van der Waals surface area contributed by atoms with Crippen LogP contribution in [0.25, 0.3) is 28.2 Å². The fraction of sp³-hybridized carbons (Fsp3) is 0.143. The molecule has 4 rings (SSSR count). The van der Waals surface area contributed by atoms with E-state index in [1.165, 1.54) is 13.2 Å². The summed E-state index contributed by atoms with van der Waals surface area (Å²) in [5, 5.41) is 8.28. The fourth-order valence-electron chi connectivity index (χ4n) is 3.08. The number of nitrogens with zero attached hydrogens (tertiary/aromatic N) is 3. The highest BCUT2D eigenvalue weighted by atomic mass is 19.4. The lowest BCUT2D eigenvalue weighted by atomic mass is 10.1. The van der Waals surface area contributed by atoms with E-state index in [1.54, 1.807) is 17.6 Å². The van der Waals surface area contributed by atoms with Crippen LogP contribution in [0.4, 0.5) is 13.2 Å². The Kier molecular flexibility index (Phi) is 4.62. The molecule has 0 unspecified atom stereocenters. The van der Waals surface area contributed by atoms with E-state index < -0.39 is 11.7 Å². The van der Waals surface area contributed by atoms with Crippen LogP contribution < -0.4 is 9.47 Å². The predicted octanol–water partition coefficient (Wildman–Crippen LogP) is 5.10. The van der Waals surface area contributed by atoms with Crippen LogP contribution >= 0.6 is 0 Å². The molecule has 148 valence electrons. The first kappa shape index (κ1) is 18.8. The second kappa shape index (κ2) is 7.12. The van der Waals surface area contributed by atoms with Crippen LogP contribution in [0.15, 0.2) is 60.8 Å². The topological polar surface area (TPSA) is 48.7 Å². The number of methoxy groups -OCH3 is 2. The van der Waals surface area contributed by atoms with Crippen molar-refractivity contribution >= 4 is 5.65 Å². The molecular weight excluding hydrogens is 383 g/mol. The predicted molar refractivity (Wildman–Crippen MR) is 102 cm³/mol. The molecular formula is C21H16F3N3O2. The van der Waals surface area contributed by atoms with E-state index in [9.17, 15) is 13.2 Å². The molecule has 0 N–H and O–H groups in total. The minimum Gasteiger partial charge on any atom is -0.497 e. The third kappa shape index (κ3) is 3.49. The molecule has 0 aliphatic heterocycles. The molecule has 2 aromatic heterocycles. The van der Waals surface area contributed by atoms with E-state index in [4.69, 9.17) is 9.47 Å². The zero-order valence-electron chi connectivity index (χ0n) is 15.6. The zero-order chi connectivity index (χ0) is 20.6. The van der Waals surface area contributed by atoms with Crippen LogP contribution in [0, 0.1) is 0 Å². The Hall–Kier alpha value is -3.55. The number of aromatic nitrogens is 3. The van der Waals surface area contributed by atoms with E-state index in [-0.39, 0.29) is 5.75 Å². The van der Waals surface area contributed by atoms with Crippen molar-refractivity contribution in [2.24, 2.45) is 0 Å². The molecule has 0 fully saturated rings. The van der Waals surface area contributed by atoms with Crippen LogP contribution in [0.3, 0.4) is 0 Å². The summed E-state index contributed by atoms with van der Waals surface area (Å²) in [5.74, 6) is 1.21. The van der Waals surface area contributed by atoms with Crippen LogP contribution in [-0.2, 0) is 6.18 Å². The Morgan fingerprint density at radius 2 is 1.55 bits per heavy atom. The highest BCUT2D eigenvalue weighted by Gasteiger charge is 2.31. The average molecular weight is 399 g/mol. The Morgan fingerprint density at radius 1 is 0.828 bits per heavy atom. The zero-order valence-corrected chi connectivity index (χ0v) is 15.6. The fourth-order valence-corrected chi connectivity index (χ4v) is 3.08. The van der Waals surface area contributed by atoms with Gasteiger partial charge in [0.2, 0.25) is 0 Å². The number of fused-ring (bicyclic) bond motifs is 1. The number of alkyl halides is 3. The molecule has 8 heteroatoms. The van der Waals surface area contributed by atoms with Gasteiger partial charge in [0.15, 0.2) is 11.5 Å². The molecule has 0 spiro atoms. The summed E-state index contributed by atoms with van der Waals surface area (Å²) in [6.45, 7) is 0. The van der Waals surface area contributed by atoms with Crippen LogP contribution in [-0.4, -0.2) is 28.8 Å². The second-order valence-corrected chi connectivity index (χ2v) is 6.31. The lowest BCUT2D eigenvalue weighted by molar-refractivity contribution is -0.137. The van der Waals surface area contributed by atoms with Crippen molar-refractivity contribution in [3.05, 3.63) is 66.4 Å². The normalized spacial score (nSPS) is 11.6. The molecule has 0 amide bonds. The Morgan fingerprint density at radius 3 is 2.21 bits per heavy atom. The second-order valence-electron chi connectivity index (χ2n) is 6.31. The monoisotopic (exact) mass is 399 g/mol. The summed E-state index contributed by atoms with van der Waals surface area (Å²) in [4.78, 5) is 0. The maximum atomic E-state index is 13.0. The summed E-state index contributed by atoms with van der Waals surface area (Å²) in [6, 6.07) is 14.6. The molecule has 0 saturated heterocycles. The summed E-state index contributed by atoms with van der Waals surface area (Å²) in [7, 11) is 2.92. The molecule has 2 heterocycles. The number of hydrogen-bond acceptors (Lipinski definition) is 4. The van der Waals surface area contributed by atoms with Gasteiger partial charge in [-0.15, -0.1) is 10.2 Å². The molecule has 4 aromatic rings. The molecule has 0 radical (unpaired) electrons. The standard InChI is InChI=1S/C21H16F3N3O2/c1-28-16-7-3-13(4-8-16)14-5-10-19-25-26-20(27(19)12-14)17-9-6-15(21(22,23)24)11-18(17)29-2/h3-12H,1-2H3. The minimum absolute atomic E-state index is 0.0731. The Balaban J connectivity index is 1.82. The van der Waals surface area contributed by atoms with Gasteiger partial charge in [0.25, 0.3) is 0 Å². The van der Waals surface area contributed by atoms with E-state index in [2.05, 4.69) is 10.2 Å². The molecule has 5 nitrogen and oxygen atoms in total. The molecule has 2 aromatic carbocycles. The third-order valence-electron chi connectivity index (χ3n) is 4.60. The van der Waals surface area contributed by atoms with E-state index in [1.807, 2.05) is 36.5 Å². The maximum absolute atomic E-state index is 13.0. The number of halogens is 3. The minimum atomic E-state index is -4.46. The van der Waals surface area contributed by atoms with Gasteiger partial charge in [-0.05, 0) is 53.6 Å². The average Bonchev–Trinajstić information content (AvgIpc) is 3.15. The van der Waals surface area contributed by atoms with Crippen LogP contribution in [0.2, 0.25) is 0 Å². The molecule has 0 aliphatic rings. The molecule has 0 aliphatic carbocycles. The van der Waals surface area contributed by atoms with Crippen molar-refractivity contribution < 1.29 is 22.6 Å². The quantitative estimate of drug-likeness (QED) is 0.479. The van der Waals surface area contributed by atoms with E-state index in [0.717, 1.165) is 29.0 Å². The van der Waals surface area contributed by atoms with Crippen molar-refractivity contribution in [3.63, 3.8) is 0 Å². The first-order valence-electron chi connectivity index (χ1n) is 8.65. The van der Waals surface area contributed by atoms with Gasteiger partial charge in [0.1, 0.15) is 11.5 Å². The number of pyridine rings is 1. The van der Waals surface area contributed by atoms with Crippen molar-refractivity contribution in [2.45, 2.75) is 6.18 Å². The van der Waals surface area contributed by atoms with E-state index in [0.29, 0.717) is 17.0 Å². The van der Waals surface area contributed by atoms with Gasteiger partial charge in [0.05, 0.1) is 25.3 Å². The van der Waals surface area contributed by atoms with Crippen molar-refractivity contribution in [1.82, 2.24) is 14.6 Å². The van der Waals surface area contributed by atoms with Gasteiger partial charge >= 0.3 is 6.18 Å². The van der Waals surface area contributed by atoms with E-state index >= 15 is 0 Å².